The lowest BCUT2D eigenvalue weighted by molar-refractivity contribution is -0.130. The van der Waals surface area contributed by atoms with Gasteiger partial charge >= 0.3 is 0 Å². The van der Waals surface area contributed by atoms with Crippen molar-refractivity contribution in [3.63, 3.8) is 0 Å². The summed E-state index contributed by atoms with van der Waals surface area (Å²) in [7, 11) is 1.68. The summed E-state index contributed by atoms with van der Waals surface area (Å²) in [6.45, 7) is 6.59. The number of piperidine rings is 1. The Bertz CT molecular complexity index is 615. The van der Waals surface area contributed by atoms with Crippen LogP contribution in [0.25, 0.3) is 0 Å². The fourth-order valence-electron chi connectivity index (χ4n) is 2.95. The van der Waals surface area contributed by atoms with Crippen molar-refractivity contribution in [1.29, 1.82) is 0 Å². The van der Waals surface area contributed by atoms with Crippen molar-refractivity contribution in [2.45, 2.75) is 38.5 Å². The highest BCUT2D eigenvalue weighted by molar-refractivity contribution is 14.0. The number of hydrogen-bond donors (Lipinski definition) is 2. The summed E-state index contributed by atoms with van der Waals surface area (Å²) in [6, 6.07) is 6.63. The van der Waals surface area contributed by atoms with Crippen molar-refractivity contribution in [3.05, 3.63) is 35.6 Å². The van der Waals surface area contributed by atoms with Crippen LogP contribution in [0.4, 0.5) is 4.39 Å². The van der Waals surface area contributed by atoms with Crippen LogP contribution >= 0.6 is 24.0 Å². The number of nitrogens with zero attached hydrogens (tertiary/aromatic N) is 2. The minimum atomic E-state index is -0.267. The molecular weight excluding hydrogens is 446 g/mol. The zero-order chi connectivity index (χ0) is 18.3. The van der Waals surface area contributed by atoms with E-state index in [4.69, 9.17) is 0 Å². The summed E-state index contributed by atoms with van der Waals surface area (Å²) in [6.07, 6.45) is 3.37. The topological polar surface area (TPSA) is 56.7 Å². The smallest absolute Gasteiger partial charge is 0.241 e. The van der Waals surface area contributed by atoms with Crippen molar-refractivity contribution in [1.82, 2.24) is 15.5 Å². The first kappa shape index (κ1) is 22.7. The first-order valence-corrected chi connectivity index (χ1v) is 8.91. The summed E-state index contributed by atoms with van der Waals surface area (Å²) in [4.78, 5) is 18.3. The van der Waals surface area contributed by atoms with Crippen LogP contribution in [0.2, 0.25) is 0 Å². The minimum Gasteiger partial charge on any atom is -0.356 e. The number of benzene rings is 1. The molecule has 1 heterocycles. The highest BCUT2D eigenvalue weighted by Gasteiger charge is 2.22. The normalized spacial score (nSPS) is 15.2. The maximum absolute atomic E-state index is 13.5. The number of rotatable bonds is 5. The predicted molar refractivity (Wildman–Crippen MR) is 115 cm³/mol. The summed E-state index contributed by atoms with van der Waals surface area (Å²) >= 11 is 0. The fourth-order valence-corrected chi connectivity index (χ4v) is 2.95. The van der Waals surface area contributed by atoms with Gasteiger partial charge in [0.25, 0.3) is 0 Å². The molecule has 1 aliphatic rings. The number of halogens is 2. The molecule has 7 heteroatoms. The maximum Gasteiger partial charge on any atom is 0.241 e. The van der Waals surface area contributed by atoms with Gasteiger partial charge in [0.05, 0.1) is 6.54 Å². The predicted octanol–water partition coefficient (Wildman–Crippen LogP) is 2.90. The number of likely N-dealkylation sites (tertiary alicyclic amines) is 1. The minimum absolute atomic E-state index is 0. The highest BCUT2D eigenvalue weighted by Crippen LogP contribution is 2.22. The second kappa shape index (κ2) is 10.7. The van der Waals surface area contributed by atoms with Crippen LogP contribution < -0.4 is 10.6 Å². The number of hydrogen-bond acceptors (Lipinski definition) is 2. The molecule has 0 aromatic heterocycles. The second-order valence-electron chi connectivity index (χ2n) is 7.11. The van der Waals surface area contributed by atoms with Gasteiger partial charge in [-0.05, 0) is 37.0 Å². The number of amides is 1. The van der Waals surface area contributed by atoms with Gasteiger partial charge in [0, 0.05) is 32.1 Å². The van der Waals surface area contributed by atoms with Crippen molar-refractivity contribution in [2.24, 2.45) is 4.99 Å². The summed E-state index contributed by atoms with van der Waals surface area (Å²) < 4.78 is 13.5. The van der Waals surface area contributed by atoms with Gasteiger partial charge in [0.1, 0.15) is 5.82 Å². The average Bonchev–Trinajstić information content (AvgIpc) is 2.62. The highest BCUT2D eigenvalue weighted by atomic mass is 127. The van der Waals surface area contributed by atoms with Crippen molar-refractivity contribution < 1.29 is 9.18 Å². The van der Waals surface area contributed by atoms with Crippen molar-refractivity contribution in [2.75, 3.05) is 33.2 Å². The Morgan fingerprint density at radius 3 is 2.54 bits per heavy atom. The molecule has 0 bridgehead atoms. The van der Waals surface area contributed by atoms with E-state index in [1.54, 1.807) is 19.2 Å². The van der Waals surface area contributed by atoms with Gasteiger partial charge in [0.15, 0.2) is 5.96 Å². The number of nitrogens with one attached hydrogen (secondary N) is 2. The molecule has 0 aliphatic carbocycles. The molecule has 0 spiro atoms. The van der Waals surface area contributed by atoms with E-state index in [0.717, 1.165) is 31.5 Å². The van der Waals surface area contributed by atoms with Crippen molar-refractivity contribution >= 4 is 35.8 Å². The molecule has 2 N–H and O–H groups in total. The molecular formula is C19H30FIN4O. The van der Waals surface area contributed by atoms with Gasteiger partial charge in [0.2, 0.25) is 5.91 Å². The Morgan fingerprint density at radius 2 is 1.92 bits per heavy atom. The number of guanidine groups is 1. The number of carbonyl (C=O) groups excluding carboxylic acids is 1. The Balaban J connectivity index is 0.00000338. The third kappa shape index (κ3) is 6.74. The van der Waals surface area contributed by atoms with E-state index in [2.05, 4.69) is 15.6 Å². The van der Waals surface area contributed by atoms with Gasteiger partial charge in [-0.1, -0.05) is 26.0 Å². The van der Waals surface area contributed by atoms with Gasteiger partial charge < -0.3 is 15.5 Å². The quantitative estimate of drug-likeness (QED) is 0.391. The molecule has 0 unspecified atom stereocenters. The summed E-state index contributed by atoms with van der Waals surface area (Å²) in [5, 5.41) is 6.31. The van der Waals surface area contributed by atoms with E-state index in [1.165, 1.54) is 12.5 Å². The van der Waals surface area contributed by atoms with Gasteiger partial charge in [-0.3, -0.25) is 9.79 Å². The Morgan fingerprint density at radius 1 is 1.23 bits per heavy atom. The molecule has 1 fully saturated rings. The fraction of sp³-hybridized carbons (Fsp3) is 0.579. The number of carbonyl (C=O) groups is 1. The molecule has 0 radical (unpaired) electrons. The molecule has 1 aromatic rings. The van der Waals surface area contributed by atoms with E-state index in [-0.39, 0.29) is 47.7 Å². The van der Waals surface area contributed by atoms with Crippen LogP contribution in [0.5, 0.6) is 0 Å². The van der Waals surface area contributed by atoms with E-state index in [0.29, 0.717) is 12.5 Å². The standard InChI is InChI=1S/C19H29FN4O.HI/c1-19(2,15-8-7-9-16(20)12-15)14-23-18(21-3)22-13-17(25)24-10-5-4-6-11-24;/h7-9,12H,4-6,10-11,13-14H2,1-3H3,(H2,21,22,23);1H. The van der Waals surface area contributed by atoms with Gasteiger partial charge in [-0.25, -0.2) is 4.39 Å². The molecule has 1 aliphatic heterocycles. The molecule has 5 nitrogen and oxygen atoms in total. The third-order valence-corrected chi connectivity index (χ3v) is 4.64. The molecule has 2 rings (SSSR count). The lowest BCUT2D eigenvalue weighted by atomic mass is 9.84. The van der Waals surface area contributed by atoms with E-state index in [9.17, 15) is 9.18 Å². The Labute approximate surface area is 172 Å². The van der Waals surface area contributed by atoms with Gasteiger partial charge in [-0.2, -0.15) is 0 Å². The van der Waals surface area contributed by atoms with E-state index < -0.39 is 0 Å². The molecule has 1 amide bonds. The van der Waals surface area contributed by atoms with Crippen LogP contribution in [-0.4, -0.2) is 50.0 Å². The molecule has 146 valence electrons. The Kier molecular flexibility index (Phi) is 9.32. The van der Waals surface area contributed by atoms with Crippen molar-refractivity contribution in [3.8, 4) is 0 Å². The zero-order valence-electron chi connectivity index (χ0n) is 15.8. The first-order valence-electron chi connectivity index (χ1n) is 8.91. The van der Waals surface area contributed by atoms with Gasteiger partial charge in [-0.15, -0.1) is 24.0 Å². The molecule has 0 saturated carbocycles. The first-order chi connectivity index (χ1) is 11.9. The van der Waals surface area contributed by atoms with Crippen LogP contribution in [-0.2, 0) is 10.2 Å². The molecule has 0 atom stereocenters. The zero-order valence-corrected chi connectivity index (χ0v) is 18.2. The summed E-state index contributed by atoms with van der Waals surface area (Å²) in [5.74, 6) is 0.446. The summed E-state index contributed by atoms with van der Waals surface area (Å²) in [5.41, 5.74) is 0.649. The lowest BCUT2D eigenvalue weighted by Crippen LogP contribution is -2.48. The van der Waals surface area contributed by atoms with Crippen LogP contribution in [0.1, 0.15) is 38.7 Å². The average molecular weight is 476 g/mol. The molecule has 1 aromatic carbocycles. The molecule has 1 saturated heterocycles. The monoisotopic (exact) mass is 476 g/mol. The maximum atomic E-state index is 13.5. The van der Waals surface area contributed by atoms with E-state index >= 15 is 0 Å². The lowest BCUT2D eigenvalue weighted by Gasteiger charge is -2.28. The van der Waals surface area contributed by atoms with Crippen LogP contribution in [0, 0.1) is 5.82 Å². The largest absolute Gasteiger partial charge is 0.356 e. The van der Waals surface area contributed by atoms with Crippen LogP contribution in [0.3, 0.4) is 0 Å². The van der Waals surface area contributed by atoms with Crippen LogP contribution in [0.15, 0.2) is 29.3 Å². The SMILES string of the molecule is CN=C(NCC(=O)N1CCCCC1)NCC(C)(C)c1cccc(F)c1.I. The third-order valence-electron chi connectivity index (χ3n) is 4.64. The Hall–Kier alpha value is -1.38. The molecule has 26 heavy (non-hydrogen) atoms. The second-order valence-corrected chi connectivity index (χ2v) is 7.11. The number of aliphatic imine (C=N–C) groups is 1. The van der Waals surface area contributed by atoms with E-state index in [1.807, 2.05) is 24.8 Å².